The zero-order valence-corrected chi connectivity index (χ0v) is 17.3. The number of amides is 1. The molecule has 0 saturated carbocycles. The average molecular weight is 397 g/mol. The number of likely N-dealkylation sites (N-methyl/N-ethyl adjacent to an activating group) is 1. The Morgan fingerprint density at radius 3 is 2.93 bits per heavy atom. The number of nitrogens with one attached hydrogen (secondary N) is 1. The maximum absolute atomic E-state index is 12.9. The lowest BCUT2D eigenvalue weighted by Crippen LogP contribution is -2.32. The van der Waals surface area contributed by atoms with Gasteiger partial charge in [0, 0.05) is 37.4 Å². The summed E-state index contributed by atoms with van der Waals surface area (Å²) < 4.78 is 9.02. The van der Waals surface area contributed by atoms with Gasteiger partial charge in [-0.1, -0.05) is 6.92 Å². The highest BCUT2D eigenvalue weighted by Crippen LogP contribution is 2.31. The van der Waals surface area contributed by atoms with Crippen LogP contribution in [0, 0.1) is 12.8 Å². The Bertz CT molecular complexity index is 1110. The van der Waals surface area contributed by atoms with Crippen molar-refractivity contribution in [3.63, 3.8) is 0 Å². The third-order valence-electron chi connectivity index (χ3n) is 5.50. The summed E-state index contributed by atoms with van der Waals surface area (Å²) in [6.45, 7) is 5.96. The molecule has 1 aliphatic rings. The van der Waals surface area contributed by atoms with E-state index in [2.05, 4.69) is 21.8 Å². The molecule has 0 radical (unpaired) electrons. The van der Waals surface area contributed by atoms with Crippen molar-refractivity contribution < 1.29 is 9.21 Å². The lowest BCUT2D eigenvalue weighted by Gasteiger charge is -2.27. The van der Waals surface area contributed by atoms with Crippen LogP contribution in [0.4, 0.5) is 5.69 Å². The van der Waals surface area contributed by atoms with E-state index in [1.54, 1.807) is 16.7 Å². The summed E-state index contributed by atoms with van der Waals surface area (Å²) in [5.41, 5.74) is 2.87. The molecular formula is C21H27N5O3. The second kappa shape index (κ2) is 7.51. The fourth-order valence-corrected chi connectivity index (χ4v) is 4.03. The summed E-state index contributed by atoms with van der Waals surface area (Å²) in [5.74, 6) is 0.771. The molecule has 1 N–H and O–H groups in total. The molecule has 154 valence electrons. The minimum absolute atomic E-state index is 0.0149. The normalized spacial score (nSPS) is 18.9. The Hall–Kier alpha value is -2.87. The van der Waals surface area contributed by atoms with Gasteiger partial charge < -0.3 is 19.2 Å². The molecule has 0 saturated heterocycles. The summed E-state index contributed by atoms with van der Waals surface area (Å²) in [6.07, 6.45) is 2.77. The van der Waals surface area contributed by atoms with Crippen LogP contribution in [0.3, 0.4) is 0 Å². The topological polar surface area (TPSA) is 85.3 Å². The first-order chi connectivity index (χ1) is 13.8. The van der Waals surface area contributed by atoms with Crippen molar-refractivity contribution >= 4 is 22.7 Å². The fraction of sp³-hybridized carbons (Fsp3) is 0.476. The molecule has 0 fully saturated rings. The van der Waals surface area contributed by atoms with Crippen molar-refractivity contribution in [2.24, 2.45) is 5.92 Å². The number of imidazole rings is 1. The van der Waals surface area contributed by atoms with E-state index in [1.807, 2.05) is 38.2 Å². The van der Waals surface area contributed by atoms with Crippen molar-refractivity contribution in [1.82, 2.24) is 19.0 Å². The van der Waals surface area contributed by atoms with Crippen molar-refractivity contribution in [1.29, 1.82) is 0 Å². The highest BCUT2D eigenvalue weighted by Gasteiger charge is 2.30. The molecule has 0 spiro atoms. The maximum Gasteiger partial charge on any atom is 0.419 e. The van der Waals surface area contributed by atoms with Crippen LogP contribution >= 0.6 is 0 Å². The van der Waals surface area contributed by atoms with E-state index < -0.39 is 0 Å². The van der Waals surface area contributed by atoms with Crippen LogP contribution in [-0.4, -0.2) is 45.6 Å². The molecule has 8 heteroatoms. The zero-order valence-electron chi connectivity index (χ0n) is 17.3. The number of aryl methyl sites for hydroxylation is 1. The highest BCUT2D eigenvalue weighted by molar-refractivity contribution is 5.94. The van der Waals surface area contributed by atoms with Gasteiger partial charge in [0.1, 0.15) is 5.82 Å². The lowest BCUT2D eigenvalue weighted by molar-refractivity contribution is -0.121. The van der Waals surface area contributed by atoms with Crippen LogP contribution in [-0.2, 0) is 17.9 Å². The third kappa shape index (κ3) is 3.85. The largest absolute Gasteiger partial charge is 0.419 e. The van der Waals surface area contributed by atoms with E-state index in [9.17, 15) is 9.59 Å². The van der Waals surface area contributed by atoms with Gasteiger partial charge in [-0.2, -0.15) is 0 Å². The van der Waals surface area contributed by atoms with Gasteiger partial charge in [-0.25, -0.2) is 9.78 Å². The number of hydrogen-bond acceptors (Lipinski definition) is 5. The summed E-state index contributed by atoms with van der Waals surface area (Å²) in [6, 6.07) is 5.32. The molecule has 1 aromatic carbocycles. The van der Waals surface area contributed by atoms with Crippen LogP contribution in [0.5, 0.6) is 0 Å². The lowest BCUT2D eigenvalue weighted by atomic mass is 9.91. The Balaban J connectivity index is 1.54. The van der Waals surface area contributed by atoms with Crippen LogP contribution in [0.1, 0.15) is 30.8 Å². The van der Waals surface area contributed by atoms with Gasteiger partial charge in [0.05, 0.1) is 17.1 Å². The van der Waals surface area contributed by atoms with Crippen molar-refractivity contribution in [3.8, 4) is 0 Å². The first kappa shape index (κ1) is 19.4. The van der Waals surface area contributed by atoms with Gasteiger partial charge in [-0.3, -0.25) is 9.36 Å². The molecular weight excluding hydrogens is 370 g/mol. The van der Waals surface area contributed by atoms with Crippen molar-refractivity contribution in [2.45, 2.75) is 39.3 Å². The van der Waals surface area contributed by atoms with E-state index in [-0.39, 0.29) is 23.5 Å². The maximum atomic E-state index is 12.9. The van der Waals surface area contributed by atoms with E-state index in [1.165, 1.54) is 0 Å². The molecule has 8 nitrogen and oxygen atoms in total. The molecule has 4 rings (SSSR count). The second-order valence-electron chi connectivity index (χ2n) is 8.22. The molecule has 1 amide bonds. The molecule has 29 heavy (non-hydrogen) atoms. The molecule has 0 bridgehead atoms. The number of rotatable bonds is 5. The molecule has 2 aromatic heterocycles. The van der Waals surface area contributed by atoms with E-state index in [4.69, 9.17) is 4.42 Å². The SMILES string of the molecule is Cc1cn2c(n1)[C@H](C)C[C@H](C(=O)Nc1ccc3oc(=O)n(CCN(C)C)c3c1)C2. The number of hydrogen-bond donors (Lipinski definition) is 1. The molecule has 0 unspecified atom stereocenters. The minimum Gasteiger partial charge on any atom is -0.408 e. The first-order valence-electron chi connectivity index (χ1n) is 9.94. The number of benzene rings is 1. The summed E-state index contributed by atoms with van der Waals surface area (Å²) >= 11 is 0. The molecule has 2 atom stereocenters. The number of anilines is 1. The number of carbonyl (C=O) groups is 1. The molecule has 0 aliphatic carbocycles. The minimum atomic E-state index is -0.380. The summed E-state index contributed by atoms with van der Waals surface area (Å²) in [4.78, 5) is 31.7. The smallest absolute Gasteiger partial charge is 0.408 e. The number of fused-ring (bicyclic) bond motifs is 2. The summed E-state index contributed by atoms with van der Waals surface area (Å²) in [5, 5.41) is 3.02. The van der Waals surface area contributed by atoms with Crippen molar-refractivity contribution in [3.05, 3.63) is 46.5 Å². The van der Waals surface area contributed by atoms with Gasteiger partial charge >= 0.3 is 5.76 Å². The highest BCUT2D eigenvalue weighted by atomic mass is 16.4. The van der Waals surface area contributed by atoms with Gasteiger partial charge in [-0.05, 0) is 45.6 Å². The number of nitrogens with zero attached hydrogens (tertiary/aromatic N) is 4. The van der Waals surface area contributed by atoms with Crippen LogP contribution in [0.15, 0.2) is 33.6 Å². The monoisotopic (exact) mass is 397 g/mol. The quantitative estimate of drug-likeness (QED) is 0.715. The number of aromatic nitrogens is 3. The van der Waals surface area contributed by atoms with Crippen LogP contribution in [0.25, 0.3) is 11.1 Å². The Labute approximate surface area is 169 Å². The van der Waals surface area contributed by atoms with Gasteiger partial charge in [0.25, 0.3) is 0 Å². The zero-order chi connectivity index (χ0) is 20.7. The number of carbonyl (C=O) groups excluding carboxylic acids is 1. The molecule has 3 heterocycles. The standard InChI is InChI=1S/C21H27N5O3/c1-13-9-15(12-25-11-14(2)22-19(13)25)20(27)23-16-5-6-18-17(10-16)26(21(28)29-18)8-7-24(3)4/h5-6,10-11,13,15H,7-9,12H2,1-4H3,(H,23,27)/t13-,15+/m1/s1. The van der Waals surface area contributed by atoms with E-state index in [0.29, 0.717) is 29.9 Å². The fourth-order valence-electron chi connectivity index (χ4n) is 4.03. The summed E-state index contributed by atoms with van der Waals surface area (Å²) in [7, 11) is 3.91. The van der Waals surface area contributed by atoms with Crippen molar-refractivity contribution in [2.75, 3.05) is 26.0 Å². The average Bonchev–Trinajstić information content (AvgIpc) is 3.18. The van der Waals surface area contributed by atoms with Crippen LogP contribution in [0.2, 0.25) is 0 Å². The van der Waals surface area contributed by atoms with E-state index in [0.717, 1.165) is 24.5 Å². The number of oxazole rings is 1. The Morgan fingerprint density at radius 1 is 1.38 bits per heavy atom. The predicted octanol–water partition coefficient (Wildman–Crippen LogP) is 2.42. The van der Waals surface area contributed by atoms with E-state index >= 15 is 0 Å². The molecule has 1 aliphatic heterocycles. The first-order valence-corrected chi connectivity index (χ1v) is 9.94. The van der Waals surface area contributed by atoms with Crippen LogP contribution < -0.4 is 11.1 Å². The Morgan fingerprint density at radius 2 is 2.17 bits per heavy atom. The predicted molar refractivity (Wildman–Crippen MR) is 111 cm³/mol. The second-order valence-corrected chi connectivity index (χ2v) is 8.22. The van der Waals surface area contributed by atoms with Gasteiger partial charge in [-0.15, -0.1) is 0 Å². The Kier molecular flexibility index (Phi) is 5.04. The van der Waals surface area contributed by atoms with Gasteiger partial charge in [0.15, 0.2) is 5.58 Å². The molecule has 3 aromatic rings. The third-order valence-corrected chi connectivity index (χ3v) is 5.50. The van der Waals surface area contributed by atoms with Gasteiger partial charge in [0.2, 0.25) is 5.91 Å².